The van der Waals surface area contributed by atoms with Crippen LogP contribution < -0.4 is 5.32 Å². The minimum Gasteiger partial charge on any atom is -0.378 e. The number of aryl methyl sites for hydroxylation is 2. The van der Waals surface area contributed by atoms with Gasteiger partial charge in [-0.25, -0.2) is 4.98 Å². The predicted octanol–water partition coefficient (Wildman–Crippen LogP) is 1.68. The fourth-order valence-electron chi connectivity index (χ4n) is 3.36. The first-order valence-corrected chi connectivity index (χ1v) is 8.60. The quantitative estimate of drug-likeness (QED) is 0.887. The van der Waals surface area contributed by atoms with E-state index >= 15 is 0 Å². The molecule has 25 heavy (non-hydrogen) atoms. The average Bonchev–Trinajstić information content (AvgIpc) is 2.90. The van der Waals surface area contributed by atoms with Crippen LogP contribution in [-0.4, -0.2) is 50.1 Å². The second-order valence-corrected chi connectivity index (χ2v) is 6.70. The van der Waals surface area contributed by atoms with Gasteiger partial charge in [-0.15, -0.1) is 0 Å². The van der Waals surface area contributed by atoms with E-state index in [0.29, 0.717) is 31.9 Å². The first-order chi connectivity index (χ1) is 11.8. The Hall–Kier alpha value is -2.41. The number of likely N-dealkylation sites (tertiary alicyclic amines) is 1. The zero-order chi connectivity index (χ0) is 18.2. The van der Waals surface area contributed by atoms with Gasteiger partial charge in [-0.3, -0.25) is 14.9 Å². The van der Waals surface area contributed by atoms with E-state index in [9.17, 15) is 14.7 Å². The molecule has 1 fully saturated rings. The highest BCUT2D eigenvalue weighted by molar-refractivity contribution is 5.98. The number of hydrogen-bond donors (Lipinski definition) is 2. The van der Waals surface area contributed by atoms with Crippen LogP contribution in [0.2, 0.25) is 0 Å². The summed E-state index contributed by atoms with van der Waals surface area (Å²) in [4.78, 5) is 30.3. The molecule has 0 aliphatic carbocycles. The summed E-state index contributed by atoms with van der Waals surface area (Å²) < 4.78 is 1.90. The highest BCUT2D eigenvalue weighted by atomic mass is 16.3. The molecule has 2 N–H and O–H groups in total. The van der Waals surface area contributed by atoms with Crippen molar-refractivity contribution < 1.29 is 14.7 Å². The molecule has 0 saturated carbocycles. The maximum atomic E-state index is 12.7. The van der Waals surface area contributed by atoms with E-state index < -0.39 is 11.5 Å². The lowest BCUT2D eigenvalue weighted by atomic mass is 9.92. The Balaban J connectivity index is 1.87. The Bertz CT molecular complexity index is 829. The molecule has 1 saturated heterocycles. The third kappa shape index (κ3) is 3.24. The van der Waals surface area contributed by atoms with Gasteiger partial charge in [-0.1, -0.05) is 6.07 Å². The summed E-state index contributed by atoms with van der Waals surface area (Å²) in [5, 5.41) is 13.5. The van der Waals surface area contributed by atoms with Gasteiger partial charge < -0.3 is 14.6 Å². The first kappa shape index (κ1) is 17.4. The Morgan fingerprint density at radius 1 is 1.40 bits per heavy atom. The molecule has 0 bridgehead atoms. The molecule has 0 spiro atoms. The summed E-state index contributed by atoms with van der Waals surface area (Å²) in [5.74, 6) is -0.233. The number of imidazole rings is 1. The van der Waals surface area contributed by atoms with Gasteiger partial charge in [-0.2, -0.15) is 0 Å². The summed E-state index contributed by atoms with van der Waals surface area (Å²) in [5.41, 5.74) is 1.24. The molecular formula is C18H24N4O3. The van der Waals surface area contributed by atoms with E-state index in [-0.39, 0.29) is 12.5 Å². The van der Waals surface area contributed by atoms with Crippen LogP contribution in [0.5, 0.6) is 0 Å². The fourth-order valence-corrected chi connectivity index (χ4v) is 3.36. The van der Waals surface area contributed by atoms with E-state index in [1.54, 1.807) is 0 Å². The maximum absolute atomic E-state index is 12.7. The molecule has 134 valence electrons. The number of nitrogens with one attached hydrogen (secondary N) is 1. The van der Waals surface area contributed by atoms with Crippen LogP contribution in [0.15, 0.2) is 18.2 Å². The van der Waals surface area contributed by atoms with Crippen LogP contribution >= 0.6 is 0 Å². The van der Waals surface area contributed by atoms with Crippen molar-refractivity contribution >= 4 is 28.8 Å². The summed E-state index contributed by atoms with van der Waals surface area (Å²) >= 11 is 0. The topological polar surface area (TPSA) is 87.5 Å². The SMILES string of the molecule is CCn1c(NC(=O)C2(O)CCCN(C(C)=O)C2)nc2cc(C)ccc21. The van der Waals surface area contributed by atoms with E-state index in [1.165, 1.54) is 11.8 Å². The molecule has 0 radical (unpaired) electrons. The molecule has 1 aromatic heterocycles. The van der Waals surface area contributed by atoms with E-state index in [4.69, 9.17) is 0 Å². The van der Waals surface area contributed by atoms with Gasteiger partial charge in [0.2, 0.25) is 11.9 Å². The number of rotatable bonds is 3. The molecule has 3 rings (SSSR count). The number of anilines is 1. The number of β-amino-alcohol motifs (C(OH)–C–C–N with tert-alkyl or cyclic N) is 1. The van der Waals surface area contributed by atoms with E-state index in [2.05, 4.69) is 10.3 Å². The maximum Gasteiger partial charge on any atom is 0.260 e. The van der Waals surface area contributed by atoms with Gasteiger partial charge in [0.05, 0.1) is 17.6 Å². The largest absolute Gasteiger partial charge is 0.378 e. The normalized spacial score (nSPS) is 20.7. The number of amides is 2. The smallest absolute Gasteiger partial charge is 0.260 e. The fraction of sp³-hybridized carbons (Fsp3) is 0.500. The summed E-state index contributed by atoms with van der Waals surface area (Å²) in [6.45, 7) is 6.64. The Kier molecular flexibility index (Phi) is 4.51. The number of hydrogen-bond acceptors (Lipinski definition) is 4. The molecule has 7 heteroatoms. The van der Waals surface area contributed by atoms with Crippen LogP contribution in [-0.2, 0) is 16.1 Å². The van der Waals surface area contributed by atoms with Crippen molar-refractivity contribution in [2.75, 3.05) is 18.4 Å². The number of aliphatic hydroxyl groups is 1. The molecule has 2 amide bonds. The number of aromatic nitrogens is 2. The van der Waals surface area contributed by atoms with Crippen molar-refractivity contribution in [3.63, 3.8) is 0 Å². The van der Waals surface area contributed by atoms with Crippen LogP contribution in [0.4, 0.5) is 5.95 Å². The number of benzene rings is 1. The average molecular weight is 344 g/mol. The third-order valence-corrected chi connectivity index (χ3v) is 4.78. The van der Waals surface area contributed by atoms with Gasteiger partial charge in [0.15, 0.2) is 5.60 Å². The predicted molar refractivity (Wildman–Crippen MR) is 95.2 cm³/mol. The number of piperidine rings is 1. The molecule has 1 unspecified atom stereocenters. The monoisotopic (exact) mass is 344 g/mol. The van der Waals surface area contributed by atoms with Crippen molar-refractivity contribution in [2.24, 2.45) is 0 Å². The summed E-state index contributed by atoms with van der Waals surface area (Å²) in [6.07, 6.45) is 0.918. The number of carbonyl (C=O) groups excluding carboxylic acids is 2. The van der Waals surface area contributed by atoms with Crippen LogP contribution in [0, 0.1) is 6.92 Å². The Labute approximate surface area is 146 Å². The minimum absolute atomic E-state index is 0.0135. The van der Waals surface area contributed by atoms with Crippen molar-refractivity contribution in [2.45, 2.75) is 45.8 Å². The van der Waals surface area contributed by atoms with E-state index in [1.807, 2.05) is 36.6 Å². The zero-order valence-corrected chi connectivity index (χ0v) is 14.9. The minimum atomic E-state index is -1.59. The summed E-state index contributed by atoms with van der Waals surface area (Å²) in [6, 6.07) is 5.94. The Morgan fingerprint density at radius 2 is 2.16 bits per heavy atom. The van der Waals surface area contributed by atoms with Crippen molar-refractivity contribution in [3.8, 4) is 0 Å². The highest BCUT2D eigenvalue weighted by Gasteiger charge is 2.41. The highest BCUT2D eigenvalue weighted by Crippen LogP contribution is 2.25. The molecule has 1 aliphatic heterocycles. The summed E-state index contributed by atoms with van der Waals surface area (Å²) in [7, 11) is 0. The molecule has 1 aliphatic rings. The molecule has 7 nitrogen and oxygen atoms in total. The molecule has 2 heterocycles. The first-order valence-electron chi connectivity index (χ1n) is 8.60. The van der Waals surface area contributed by atoms with Crippen LogP contribution in [0.1, 0.15) is 32.3 Å². The lowest BCUT2D eigenvalue weighted by Crippen LogP contribution is -2.56. The van der Waals surface area contributed by atoms with Crippen LogP contribution in [0.3, 0.4) is 0 Å². The lowest BCUT2D eigenvalue weighted by molar-refractivity contribution is -0.146. The molecular weight excluding hydrogens is 320 g/mol. The van der Waals surface area contributed by atoms with Crippen molar-refractivity contribution in [3.05, 3.63) is 23.8 Å². The van der Waals surface area contributed by atoms with Crippen molar-refractivity contribution in [1.82, 2.24) is 14.5 Å². The van der Waals surface area contributed by atoms with Crippen molar-refractivity contribution in [1.29, 1.82) is 0 Å². The van der Waals surface area contributed by atoms with Gasteiger partial charge in [0, 0.05) is 20.0 Å². The molecule has 1 aromatic carbocycles. The standard InChI is InChI=1S/C18H24N4O3/c1-4-22-15-7-6-12(2)10-14(15)19-17(22)20-16(24)18(25)8-5-9-21(11-18)13(3)23/h6-7,10,25H,4-5,8-9,11H2,1-3H3,(H,19,20,24). The van der Waals surface area contributed by atoms with Gasteiger partial charge in [-0.05, 0) is 44.4 Å². The third-order valence-electron chi connectivity index (χ3n) is 4.78. The van der Waals surface area contributed by atoms with Gasteiger partial charge >= 0.3 is 0 Å². The number of nitrogens with zero attached hydrogens (tertiary/aromatic N) is 3. The molecule has 2 aromatic rings. The number of carbonyl (C=O) groups is 2. The zero-order valence-electron chi connectivity index (χ0n) is 14.9. The molecule has 1 atom stereocenters. The van der Waals surface area contributed by atoms with Gasteiger partial charge in [0.25, 0.3) is 5.91 Å². The van der Waals surface area contributed by atoms with Crippen LogP contribution in [0.25, 0.3) is 11.0 Å². The number of fused-ring (bicyclic) bond motifs is 1. The van der Waals surface area contributed by atoms with E-state index in [0.717, 1.165) is 16.6 Å². The lowest BCUT2D eigenvalue weighted by Gasteiger charge is -2.37. The Morgan fingerprint density at radius 3 is 2.84 bits per heavy atom. The second kappa shape index (κ2) is 6.48. The second-order valence-electron chi connectivity index (χ2n) is 6.70. The van der Waals surface area contributed by atoms with Gasteiger partial charge in [0.1, 0.15) is 0 Å².